The number of carboxylic acids is 1. The summed E-state index contributed by atoms with van der Waals surface area (Å²) in [4.78, 5) is 21.8. The van der Waals surface area contributed by atoms with E-state index in [1.807, 2.05) is 0 Å². The maximum atomic E-state index is 11.3. The van der Waals surface area contributed by atoms with Crippen molar-refractivity contribution in [3.63, 3.8) is 0 Å². The van der Waals surface area contributed by atoms with Crippen molar-refractivity contribution in [2.24, 2.45) is 5.92 Å². The molecule has 1 atom stereocenters. The SMILES string of the molecule is C[C@@H](CC(=N)C(=O)OC(C)(C)C)C(=O)O. The molecule has 0 radical (unpaired) electrons. The van der Waals surface area contributed by atoms with Crippen molar-refractivity contribution in [2.75, 3.05) is 0 Å². The van der Waals surface area contributed by atoms with Crippen molar-refractivity contribution in [2.45, 2.75) is 39.7 Å². The molecule has 15 heavy (non-hydrogen) atoms. The molecule has 0 saturated carbocycles. The molecular weight excluding hydrogens is 198 g/mol. The van der Waals surface area contributed by atoms with Gasteiger partial charge in [0.2, 0.25) is 0 Å². The molecule has 0 aliphatic rings. The summed E-state index contributed by atoms with van der Waals surface area (Å²) in [7, 11) is 0. The van der Waals surface area contributed by atoms with E-state index in [2.05, 4.69) is 0 Å². The molecule has 0 aliphatic carbocycles. The monoisotopic (exact) mass is 215 g/mol. The van der Waals surface area contributed by atoms with Crippen LogP contribution in [0.5, 0.6) is 0 Å². The van der Waals surface area contributed by atoms with Crippen molar-refractivity contribution in [3.8, 4) is 0 Å². The summed E-state index contributed by atoms with van der Waals surface area (Å²) in [6, 6.07) is 0. The molecule has 5 heteroatoms. The predicted molar refractivity (Wildman–Crippen MR) is 55.0 cm³/mol. The molecule has 0 amide bonds. The van der Waals surface area contributed by atoms with Crippen LogP contribution >= 0.6 is 0 Å². The summed E-state index contributed by atoms with van der Waals surface area (Å²) < 4.78 is 4.92. The van der Waals surface area contributed by atoms with Crippen LogP contribution in [0, 0.1) is 11.3 Å². The predicted octanol–water partition coefficient (Wildman–Crippen LogP) is 1.46. The molecule has 86 valence electrons. The quantitative estimate of drug-likeness (QED) is 0.549. The molecule has 0 aromatic heterocycles. The van der Waals surface area contributed by atoms with Crippen LogP contribution in [-0.4, -0.2) is 28.4 Å². The third-order valence-corrected chi connectivity index (χ3v) is 1.58. The van der Waals surface area contributed by atoms with Gasteiger partial charge in [0.1, 0.15) is 11.3 Å². The Kier molecular flexibility index (Phi) is 4.45. The molecule has 0 aromatic rings. The van der Waals surface area contributed by atoms with E-state index in [4.69, 9.17) is 15.3 Å². The highest BCUT2D eigenvalue weighted by Gasteiger charge is 2.23. The van der Waals surface area contributed by atoms with Gasteiger partial charge in [0.05, 0.1) is 5.92 Å². The van der Waals surface area contributed by atoms with Crippen LogP contribution in [0.1, 0.15) is 34.1 Å². The summed E-state index contributed by atoms with van der Waals surface area (Å²) >= 11 is 0. The second kappa shape index (κ2) is 4.91. The van der Waals surface area contributed by atoms with Gasteiger partial charge in [0, 0.05) is 6.42 Å². The summed E-state index contributed by atoms with van der Waals surface area (Å²) in [6.07, 6.45) is -0.107. The lowest BCUT2D eigenvalue weighted by molar-refractivity contribution is -0.146. The van der Waals surface area contributed by atoms with Crippen LogP contribution in [0.4, 0.5) is 0 Å². The van der Waals surface area contributed by atoms with E-state index in [0.717, 1.165) is 0 Å². The molecule has 0 aromatic carbocycles. The van der Waals surface area contributed by atoms with Gasteiger partial charge in [-0.3, -0.25) is 10.2 Å². The largest absolute Gasteiger partial charge is 0.481 e. The standard InChI is InChI=1S/C10H17NO4/c1-6(8(12)13)5-7(11)9(14)15-10(2,3)4/h6,11H,5H2,1-4H3,(H,12,13)/t6-/m0/s1. The number of nitrogens with one attached hydrogen (secondary N) is 1. The van der Waals surface area contributed by atoms with Crippen LogP contribution < -0.4 is 0 Å². The van der Waals surface area contributed by atoms with E-state index in [1.165, 1.54) is 6.92 Å². The van der Waals surface area contributed by atoms with E-state index in [1.54, 1.807) is 20.8 Å². The lowest BCUT2D eigenvalue weighted by atomic mass is 10.0. The molecule has 0 unspecified atom stereocenters. The zero-order chi connectivity index (χ0) is 12.2. The zero-order valence-electron chi connectivity index (χ0n) is 9.46. The number of rotatable bonds is 4. The van der Waals surface area contributed by atoms with Gasteiger partial charge in [-0.25, -0.2) is 4.79 Å². The van der Waals surface area contributed by atoms with Gasteiger partial charge in [0.15, 0.2) is 0 Å². The zero-order valence-corrected chi connectivity index (χ0v) is 9.46. The summed E-state index contributed by atoms with van der Waals surface area (Å²) in [5, 5.41) is 16.0. The summed E-state index contributed by atoms with van der Waals surface area (Å²) in [5.74, 6) is -2.52. The lowest BCUT2D eigenvalue weighted by Gasteiger charge is -2.19. The van der Waals surface area contributed by atoms with Crippen LogP contribution in [0.15, 0.2) is 0 Å². The van der Waals surface area contributed by atoms with Gasteiger partial charge in [0.25, 0.3) is 0 Å². The van der Waals surface area contributed by atoms with Gasteiger partial charge in [-0.05, 0) is 20.8 Å². The molecule has 0 fully saturated rings. The van der Waals surface area contributed by atoms with E-state index >= 15 is 0 Å². The summed E-state index contributed by atoms with van der Waals surface area (Å²) in [5.41, 5.74) is -0.963. The van der Waals surface area contributed by atoms with Crippen molar-refractivity contribution in [1.29, 1.82) is 5.41 Å². The number of aliphatic carboxylic acids is 1. The number of hydrogen-bond donors (Lipinski definition) is 2. The highest BCUT2D eigenvalue weighted by molar-refractivity contribution is 6.35. The van der Waals surface area contributed by atoms with Gasteiger partial charge < -0.3 is 9.84 Å². The highest BCUT2D eigenvalue weighted by Crippen LogP contribution is 2.10. The smallest absolute Gasteiger partial charge is 0.352 e. The van der Waals surface area contributed by atoms with Crippen LogP contribution in [0.3, 0.4) is 0 Å². The molecular formula is C10H17NO4. The first-order valence-electron chi connectivity index (χ1n) is 4.67. The molecule has 0 spiro atoms. The van der Waals surface area contributed by atoms with E-state index in [-0.39, 0.29) is 12.1 Å². The van der Waals surface area contributed by atoms with Gasteiger partial charge in [-0.15, -0.1) is 0 Å². The fourth-order valence-electron chi connectivity index (χ4n) is 0.817. The minimum absolute atomic E-state index is 0.107. The number of carbonyl (C=O) groups excluding carboxylic acids is 1. The normalized spacial score (nSPS) is 13.1. The third-order valence-electron chi connectivity index (χ3n) is 1.58. The van der Waals surface area contributed by atoms with E-state index in [0.29, 0.717) is 0 Å². The van der Waals surface area contributed by atoms with Gasteiger partial charge in [-0.2, -0.15) is 0 Å². The number of ether oxygens (including phenoxy) is 1. The first-order valence-corrected chi connectivity index (χ1v) is 4.67. The second-order valence-corrected chi connectivity index (χ2v) is 4.42. The molecule has 0 bridgehead atoms. The van der Waals surface area contributed by atoms with Gasteiger partial charge >= 0.3 is 11.9 Å². The van der Waals surface area contributed by atoms with Crippen molar-refractivity contribution in [1.82, 2.24) is 0 Å². The van der Waals surface area contributed by atoms with Crippen molar-refractivity contribution >= 4 is 17.7 Å². The van der Waals surface area contributed by atoms with E-state index < -0.39 is 23.5 Å². The number of esters is 1. The Labute approximate surface area is 88.9 Å². The topological polar surface area (TPSA) is 87.5 Å². The summed E-state index contributed by atoms with van der Waals surface area (Å²) in [6.45, 7) is 6.53. The number of carbonyl (C=O) groups is 2. The molecule has 5 nitrogen and oxygen atoms in total. The molecule has 2 N–H and O–H groups in total. The molecule has 0 heterocycles. The number of carboxylic acid groups (broad SMARTS) is 1. The fraction of sp³-hybridized carbons (Fsp3) is 0.700. The Morgan fingerprint density at radius 1 is 1.40 bits per heavy atom. The average molecular weight is 215 g/mol. The third kappa shape index (κ3) is 5.83. The Balaban J connectivity index is 4.24. The minimum atomic E-state index is -1.02. The van der Waals surface area contributed by atoms with Crippen LogP contribution in [0.2, 0.25) is 0 Å². The minimum Gasteiger partial charge on any atom is -0.481 e. The van der Waals surface area contributed by atoms with Crippen LogP contribution in [0.25, 0.3) is 0 Å². The first kappa shape index (κ1) is 13.6. The Bertz CT molecular complexity index is 278. The second-order valence-electron chi connectivity index (χ2n) is 4.42. The maximum absolute atomic E-state index is 11.3. The lowest BCUT2D eigenvalue weighted by Crippen LogP contribution is -2.30. The molecule has 0 aliphatic heterocycles. The van der Waals surface area contributed by atoms with Gasteiger partial charge in [-0.1, -0.05) is 6.92 Å². The first-order chi connectivity index (χ1) is 6.63. The molecule has 0 saturated heterocycles. The Morgan fingerprint density at radius 2 is 1.87 bits per heavy atom. The van der Waals surface area contributed by atoms with Crippen LogP contribution in [-0.2, 0) is 14.3 Å². The molecule has 0 rings (SSSR count). The maximum Gasteiger partial charge on any atom is 0.352 e. The van der Waals surface area contributed by atoms with Crippen molar-refractivity contribution in [3.05, 3.63) is 0 Å². The van der Waals surface area contributed by atoms with E-state index in [9.17, 15) is 9.59 Å². The average Bonchev–Trinajstić information content (AvgIpc) is 2.00. The highest BCUT2D eigenvalue weighted by atomic mass is 16.6. The Hall–Kier alpha value is -1.39. The fourth-order valence-corrected chi connectivity index (χ4v) is 0.817. The Morgan fingerprint density at radius 3 is 2.20 bits per heavy atom. The van der Waals surface area contributed by atoms with Crippen molar-refractivity contribution < 1.29 is 19.4 Å². The number of hydrogen-bond acceptors (Lipinski definition) is 4.